The third kappa shape index (κ3) is 3.96. The summed E-state index contributed by atoms with van der Waals surface area (Å²) >= 11 is 0. The van der Waals surface area contributed by atoms with Gasteiger partial charge in [-0.05, 0) is 63.1 Å². The molecule has 0 saturated heterocycles. The number of ether oxygens (including phenoxy) is 1. The lowest BCUT2D eigenvalue weighted by atomic mass is 10.1. The van der Waals surface area contributed by atoms with Crippen LogP contribution in [0.5, 0.6) is 0 Å². The molecule has 3 aromatic rings. The first-order valence-electron chi connectivity index (χ1n) is 9.02. The summed E-state index contributed by atoms with van der Waals surface area (Å²) in [7, 11) is 0. The zero-order valence-corrected chi connectivity index (χ0v) is 16.4. The number of amides is 1. The van der Waals surface area contributed by atoms with E-state index in [1.165, 1.54) is 0 Å². The molecule has 0 bridgehead atoms. The Morgan fingerprint density at radius 3 is 2.57 bits per heavy atom. The van der Waals surface area contributed by atoms with Crippen molar-refractivity contribution in [3.05, 3.63) is 76.7 Å². The molecule has 1 aromatic carbocycles. The minimum Gasteiger partial charge on any atom is -0.452 e. The zero-order valence-electron chi connectivity index (χ0n) is 16.4. The fourth-order valence-electron chi connectivity index (χ4n) is 3.09. The molecule has 6 nitrogen and oxygen atoms in total. The van der Waals surface area contributed by atoms with Crippen LogP contribution < -0.4 is 5.32 Å². The molecule has 0 radical (unpaired) electrons. The predicted octanol–water partition coefficient (Wildman–Crippen LogP) is 3.90. The van der Waals surface area contributed by atoms with E-state index in [0.29, 0.717) is 5.56 Å². The number of aromatic nitrogens is 2. The van der Waals surface area contributed by atoms with Gasteiger partial charge in [0, 0.05) is 23.3 Å². The number of nitrogens with zero attached hydrogens (tertiary/aromatic N) is 2. The van der Waals surface area contributed by atoms with E-state index in [9.17, 15) is 9.59 Å². The van der Waals surface area contributed by atoms with Crippen molar-refractivity contribution in [1.29, 1.82) is 0 Å². The van der Waals surface area contributed by atoms with Gasteiger partial charge in [-0.15, -0.1) is 0 Å². The van der Waals surface area contributed by atoms with Crippen molar-refractivity contribution in [3.8, 4) is 5.82 Å². The standard InChI is InChI=1S/C22H23N3O3/c1-14-8-7-9-19(16(14)3)24-21(26)13-28-22(27)18-12-15(2)25(17(18)4)20-10-5-6-11-23-20/h5-12H,13H2,1-4H3,(H,24,26). The number of hydrogen-bond donors (Lipinski definition) is 1. The summed E-state index contributed by atoms with van der Waals surface area (Å²) in [6, 6.07) is 13.0. The lowest BCUT2D eigenvalue weighted by molar-refractivity contribution is -0.119. The molecule has 6 heteroatoms. The minimum atomic E-state index is -0.536. The molecular weight excluding hydrogens is 354 g/mol. The topological polar surface area (TPSA) is 73.2 Å². The van der Waals surface area contributed by atoms with Gasteiger partial charge in [0.15, 0.2) is 6.61 Å². The van der Waals surface area contributed by atoms with E-state index in [0.717, 1.165) is 34.0 Å². The molecule has 0 atom stereocenters. The Bertz CT molecular complexity index is 1020. The summed E-state index contributed by atoms with van der Waals surface area (Å²) in [4.78, 5) is 29.0. The minimum absolute atomic E-state index is 0.348. The molecule has 3 rings (SSSR count). The summed E-state index contributed by atoms with van der Waals surface area (Å²) in [6.45, 7) is 7.28. The summed E-state index contributed by atoms with van der Waals surface area (Å²) in [5.74, 6) is -0.184. The molecule has 0 aliphatic carbocycles. The van der Waals surface area contributed by atoms with Gasteiger partial charge < -0.3 is 14.6 Å². The van der Waals surface area contributed by atoms with Crippen LogP contribution in [0.4, 0.5) is 5.69 Å². The number of benzene rings is 1. The average molecular weight is 377 g/mol. The van der Waals surface area contributed by atoms with Crippen molar-refractivity contribution in [1.82, 2.24) is 9.55 Å². The largest absolute Gasteiger partial charge is 0.452 e. The Labute approximate surface area is 164 Å². The molecular formula is C22H23N3O3. The van der Waals surface area contributed by atoms with Crippen LogP contribution >= 0.6 is 0 Å². The molecule has 1 N–H and O–H groups in total. The van der Waals surface area contributed by atoms with E-state index >= 15 is 0 Å². The van der Waals surface area contributed by atoms with Crippen LogP contribution in [0, 0.1) is 27.7 Å². The van der Waals surface area contributed by atoms with Crippen molar-refractivity contribution in [3.63, 3.8) is 0 Å². The monoisotopic (exact) mass is 377 g/mol. The van der Waals surface area contributed by atoms with E-state index in [1.54, 1.807) is 12.3 Å². The van der Waals surface area contributed by atoms with E-state index < -0.39 is 5.97 Å². The first kappa shape index (κ1) is 19.4. The number of hydrogen-bond acceptors (Lipinski definition) is 4. The fraction of sp³-hybridized carbons (Fsp3) is 0.227. The number of aryl methyl sites for hydroxylation is 2. The van der Waals surface area contributed by atoms with Crippen LogP contribution in [-0.2, 0) is 9.53 Å². The number of pyridine rings is 1. The van der Waals surface area contributed by atoms with Crippen LogP contribution in [0.2, 0.25) is 0 Å². The number of anilines is 1. The maximum absolute atomic E-state index is 12.5. The summed E-state index contributed by atoms with van der Waals surface area (Å²) < 4.78 is 7.11. The van der Waals surface area contributed by atoms with Crippen LogP contribution in [0.3, 0.4) is 0 Å². The molecule has 28 heavy (non-hydrogen) atoms. The first-order valence-corrected chi connectivity index (χ1v) is 9.02. The zero-order chi connectivity index (χ0) is 20.3. The normalized spacial score (nSPS) is 10.6. The van der Waals surface area contributed by atoms with Gasteiger partial charge in [0.25, 0.3) is 5.91 Å². The fourth-order valence-corrected chi connectivity index (χ4v) is 3.09. The second-order valence-electron chi connectivity index (χ2n) is 6.68. The molecule has 0 saturated carbocycles. The van der Waals surface area contributed by atoms with Crippen molar-refractivity contribution in [2.45, 2.75) is 27.7 Å². The second-order valence-corrected chi connectivity index (χ2v) is 6.68. The highest BCUT2D eigenvalue weighted by molar-refractivity contribution is 5.96. The van der Waals surface area contributed by atoms with Crippen LogP contribution in [0.1, 0.15) is 32.9 Å². The number of nitrogens with one attached hydrogen (secondary N) is 1. The summed E-state index contributed by atoms with van der Waals surface area (Å²) in [5, 5.41) is 2.78. The number of carbonyl (C=O) groups is 2. The Hall–Kier alpha value is -3.41. The van der Waals surface area contributed by atoms with Gasteiger partial charge in [0.1, 0.15) is 5.82 Å². The number of rotatable bonds is 5. The molecule has 2 aromatic heterocycles. The van der Waals surface area contributed by atoms with Crippen molar-refractivity contribution >= 4 is 17.6 Å². The van der Waals surface area contributed by atoms with Gasteiger partial charge in [-0.25, -0.2) is 9.78 Å². The van der Waals surface area contributed by atoms with E-state index in [1.807, 2.05) is 68.7 Å². The molecule has 0 fully saturated rings. The predicted molar refractivity (Wildman–Crippen MR) is 108 cm³/mol. The van der Waals surface area contributed by atoms with Gasteiger partial charge >= 0.3 is 5.97 Å². The smallest absolute Gasteiger partial charge is 0.340 e. The summed E-state index contributed by atoms with van der Waals surface area (Å²) in [6.07, 6.45) is 1.70. The van der Waals surface area contributed by atoms with Gasteiger partial charge in [-0.1, -0.05) is 18.2 Å². The van der Waals surface area contributed by atoms with Crippen LogP contribution in [0.15, 0.2) is 48.7 Å². The quantitative estimate of drug-likeness (QED) is 0.685. The van der Waals surface area contributed by atoms with Gasteiger partial charge in [-0.2, -0.15) is 0 Å². The lowest BCUT2D eigenvalue weighted by Gasteiger charge is -2.11. The lowest BCUT2D eigenvalue weighted by Crippen LogP contribution is -2.21. The molecule has 0 spiro atoms. The van der Waals surface area contributed by atoms with Gasteiger partial charge in [0.2, 0.25) is 0 Å². The van der Waals surface area contributed by atoms with E-state index in [2.05, 4.69) is 10.3 Å². The second kappa shape index (κ2) is 8.08. The molecule has 144 valence electrons. The Balaban J connectivity index is 1.69. The molecule has 1 amide bonds. The van der Waals surface area contributed by atoms with Crippen LogP contribution in [0.25, 0.3) is 5.82 Å². The highest BCUT2D eigenvalue weighted by atomic mass is 16.5. The molecule has 0 unspecified atom stereocenters. The molecule has 0 aliphatic rings. The first-order chi connectivity index (χ1) is 13.4. The Kier molecular flexibility index (Phi) is 5.59. The summed E-state index contributed by atoms with van der Waals surface area (Å²) in [5.41, 5.74) is 4.79. The third-order valence-corrected chi connectivity index (χ3v) is 4.74. The SMILES string of the molecule is Cc1cccc(NC(=O)COC(=O)c2cc(C)n(-c3ccccn3)c2C)c1C. The molecule has 0 aliphatic heterocycles. The highest BCUT2D eigenvalue weighted by Gasteiger charge is 2.19. The van der Waals surface area contributed by atoms with Crippen molar-refractivity contribution in [2.24, 2.45) is 0 Å². The van der Waals surface area contributed by atoms with Gasteiger partial charge in [0.05, 0.1) is 5.56 Å². The number of carbonyl (C=O) groups excluding carboxylic acids is 2. The van der Waals surface area contributed by atoms with Crippen molar-refractivity contribution in [2.75, 3.05) is 11.9 Å². The highest BCUT2D eigenvalue weighted by Crippen LogP contribution is 2.21. The van der Waals surface area contributed by atoms with Gasteiger partial charge in [-0.3, -0.25) is 4.79 Å². The van der Waals surface area contributed by atoms with Crippen LogP contribution in [-0.4, -0.2) is 28.0 Å². The average Bonchev–Trinajstić information content (AvgIpc) is 2.98. The number of esters is 1. The maximum Gasteiger partial charge on any atom is 0.340 e. The third-order valence-electron chi connectivity index (χ3n) is 4.74. The van der Waals surface area contributed by atoms with Crippen molar-refractivity contribution < 1.29 is 14.3 Å². The Morgan fingerprint density at radius 2 is 1.86 bits per heavy atom. The van der Waals surface area contributed by atoms with E-state index in [-0.39, 0.29) is 12.5 Å². The molecule has 2 heterocycles. The van der Waals surface area contributed by atoms with E-state index in [4.69, 9.17) is 4.74 Å². The maximum atomic E-state index is 12.5. The Morgan fingerprint density at radius 1 is 1.07 bits per heavy atom.